The molecule has 0 spiro atoms. The van der Waals surface area contributed by atoms with Crippen LogP contribution in [0.3, 0.4) is 0 Å². The number of amides is 1. The number of carbonyl (C=O) groups is 1. The van der Waals surface area contributed by atoms with Crippen molar-refractivity contribution >= 4 is 5.91 Å². The lowest BCUT2D eigenvalue weighted by molar-refractivity contribution is 0.0700. The maximum Gasteiger partial charge on any atom is 0.255 e. The van der Waals surface area contributed by atoms with Crippen molar-refractivity contribution in [3.8, 4) is 0 Å². The number of nitrogens with zero attached hydrogens (tertiary/aromatic N) is 4. The fraction of sp³-hybridized carbons (Fsp3) is 0.529. The minimum atomic E-state index is 0.0170. The Morgan fingerprint density at radius 3 is 2.88 bits per heavy atom. The molecule has 2 aromatic rings. The molecule has 2 aromatic heterocycles. The SMILES string of the molecule is CCc1noc([C@H](C)NC2CCN(C(=O)c3cccnc3)CC2)n1. The van der Waals surface area contributed by atoms with E-state index < -0.39 is 0 Å². The third-order valence-electron chi connectivity index (χ3n) is 4.35. The van der Waals surface area contributed by atoms with Crippen molar-refractivity contribution in [3.63, 3.8) is 0 Å². The number of carbonyl (C=O) groups excluding carboxylic acids is 1. The second kappa shape index (κ2) is 7.53. The Kier molecular flexibility index (Phi) is 5.20. The van der Waals surface area contributed by atoms with E-state index in [0.717, 1.165) is 38.2 Å². The molecule has 0 saturated carbocycles. The van der Waals surface area contributed by atoms with Crippen molar-refractivity contribution in [2.24, 2.45) is 0 Å². The highest BCUT2D eigenvalue weighted by Crippen LogP contribution is 2.18. The third-order valence-corrected chi connectivity index (χ3v) is 4.35. The zero-order valence-electron chi connectivity index (χ0n) is 14.1. The van der Waals surface area contributed by atoms with Gasteiger partial charge in [0.15, 0.2) is 5.82 Å². The van der Waals surface area contributed by atoms with E-state index in [1.165, 1.54) is 0 Å². The summed E-state index contributed by atoms with van der Waals surface area (Å²) in [6, 6.07) is 3.96. The van der Waals surface area contributed by atoms with Gasteiger partial charge in [-0.15, -0.1) is 0 Å². The second-order valence-corrected chi connectivity index (χ2v) is 6.10. The molecule has 0 bridgehead atoms. The van der Waals surface area contributed by atoms with Gasteiger partial charge in [0.1, 0.15) is 0 Å². The summed E-state index contributed by atoms with van der Waals surface area (Å²) in [5.41, 5.74) is 0.648. The molecule has 1 amide bonds. The van der Waals surface area contributed by atoms with Gasteiger partial charge >= 0.3 is 0 Å². The van der Waals surface area contributed by atoms with E-state index >= 15 is 0 Å². The van der Waals surface area contributed by atoms with Crippen molar-refractivity contribution in [1.29, 1.82) is 0 Å². The van der Waals surface area contributed by atoms with Crippen LogP contribution in [0.2, 0.25) is 0 Å². The van der Waals surface area contributed by atoms with Gasteiger partial charge in [0.25, 0.3) is 5.91 Å². The summed E-state index contributed by atoms with van der Waals surface area (Å²) in [4.78, 5) is 22.7. The number of hydrogen-bond acceptors (Lipinski definition) is 6. The Balaban J connectivity index is 1.51. The molecule has 3 rings (SSSR count). The van der Waals surface area contributed by atoms with Gasteiger partial charge in [-0.3, -0.25) is 9.78 Å². The molecule has 1 aliphatic rings. The molecule has 24 heavy (non-hydrogen) atoms. The Morgan fingerprint density at radius 2 is 2.25 bits per heavy atom. The monoisotopic (exact) mass is 329 g/mol. The first-order valence-corrected chi connectivity index (χ1v) is 8.45. The lowest BCUT2D eigenvalue weighted by atomic mass is 10.0. The van der Waals surface area contributed by atoms with Crippen molar-refractivity contribution in [2.45, 2.75) is 45.2 Å². The van der Waals surface area contributed by atoms with E-state index in [2.05, 4.69) is 20.4 Å². The van der Waals surface area contributed by atoms with Crippen LogP contribution in [-0.2, 0) is 6.42 Å². The lowest BCUT2D eigenvalue weighted by Gasteiger charge is -2.33. The molecule has 1 atom stereocenters. The second-order valence-electron chi connectivity index (χ2n) is 6.10. The Morgan fingerprint density at radius 1 is 1.46 bits per heavy atom. The Labute approximate surface area is 141 Å². The summed E-state index contributed by atoms with van der Waals surface area (Å²) in [6.07, 6.45) is 5.88. The number of aryl methyl sites for hydroxylation is 1. The molecule has 1 fully saturated rings. The van der Waals surface area contributed by atoms with Gasteiger partial charge < -0.3 is 14.7 Å². The van der Waals surface area contributed by atoms with Crippen LogP contribution in [0.1, 0.15) is 54.8 Å². The Hall–Kier alpha value is -2.28. The van der Waals surface area contributed by atoms with Gasteiger partial charge in [-0.2, -0.15) is 4.98 Å². The number of rotatable bonds is 5. The van der Waals surface area contributed by atoms with Crippen LogP contribution < -0.4 is 5.32 Å². The zero-order chi connectivity index (χ0) is 16.9. The zero-order valence-corrected chi connectivity index (χ0v) is 14.1. The van der Waals surface area contributed by atoms with E-state index in [9.17, 15) is 4.79 Å². The molecule has 0 unspecified atom stereocenters. The van der Waals surface area contributed by atoms with Crippen LogP contribution in [-0.4, -0.2) is 45.1 Å². The largest absolute Gasteiger partial charge is 0.338 e. The van der Waals surface area contributed by atoms with E-state index in [4.69, 9.17) is 4.52 Å². The minimum absolute atomic E-state index is 0.0170. The van der Waals surface area contributed by atoms with E-state index in [1.54, 1.807) is 18.5 Å². The maximum absolute atomic E-state index is 12.4. The minimum Gasteiger partial charge on any atom is -0.338 e. The molecule has 1 aliphatic heterocycles. The van der Waals surface area contributed by atoms with Gasteiger partial charge in [0, 0.05) is 37.9 Å². The fourth-order valence-corrected chi connectivity index (χ4v) is 2.93. The van der Waals surface area contributed by atoms with Gasteiger partial charge in [-0.05, 0) is 31.9 Å². The molecular weight excluding hydrogens is 306 g/mol. The Bertz CT molecular complexity index is 665. The summed E-state index contributed by atoms with van der Waals surface area (Å²) < 4.78 is 5.28. The van der Waals surface area contributed by atoms with Crippen LogP contribution in [0, 0.1) is 0 Å². The van der Waals surface area contributed by atoms with Crippen molar-refractivity contribution in [3.05, 3.63) is 41.8 Å². The van der Waals surface area contributed by atoms with Crippen molar-refractivity contribution in [1.82, 2.24) is 25.3 Å². The standard InChI is InChI=1S/C17H23N5O2/c1-3-15-20-16(24-21-15)12(2)19-14-6-9-22(10-7-14)17(23)13-5-4-8-18-11-13/h4-5,8,11-12,14,19H,3,6-7,9-10H2,1-2H3/t12-/m0/s1. The van der Waals surface area contributed by atoms with Gasteiger partial charge in [-0.25, -0.2) is 0 Å². The highest BCUT2D eigenvalue weighted by Gasteiger charge is 2.25. The average molecular weight is 329 g/mol. The predicted octanol–water partition coefficient (Wildman–Crippen LogP) is 1.98. The summed E-state index contributed by atoms with van der Waals surface area (Å²) in [5, 5.41) is 7.46. The summed E-state index contributed by atoms with van der Waals surface area (Å²) in [7, 11) is 0. The number of piperidine rings is 1. The summed E-state index contributed by atoms with van der Waals surface area (Å²) in [5.74, 6) is 1.41. The highest BCUT2D eigenvalue weighted by atomic mass is 16.5. The fourth-order valence-electron chi connectivity index (χ4n) is 2.93. The van der Waals surface area contributed by atoms with E-state index in [0.29, 0.717) is 17.5 Å². The molecule has 0 aliphatic carbocycles. The van der Waals surface area contributed by atoms with Crippen LogP contribution in [0.4, 0.5) is 0 Å². The molecule has 1 N–H and O–H groups in total. The molecule has 0 aromatic carbocycles. The third kappa shape index (κ3) is 3.79. The smallest absolute Gasteiger partial charge is 0.255 e. The van der Waals surface area contributed by atoms with Crippen molar-refractivity contribution in [2.75, 3.05) is 13.1 Å². The summed E-state index contributed by atoms with van der Waals surface area (Å²) in [6.45, 7) is 5.51. The normalized spacial score (nSPS) is 17.0. The average Bonchev–Trinajstić information content (AvgIpc) is 3.12. The topological polar surface area (TPSA) is 84.2 Å². The van der Waals surface area contributed by atoms with Crippen molar-refractivity contribution < 1.29 is 9.32 Å². The lowest BCUT2D eigenvalue weighted by Crippen LogP contribution is -2.45. The number of likely N-dealkylation sites (tertiary alicyclic amines) is 1. The van der Waals surface area contributed by atoms with Gasteiger partial charge in [-0.1, -0.05) is 12.1 Å². The van der Waals surface area contributed by atoms with Crippen LogP contribution >= 0.6 is 0 Å². The predicted molar refractivity (Wildman–Crippen MR) is 88.4 cm³/mol. The van der Waals surface area contributed by atoms with Crippen LogP contribution in [0.25, 0.3) is 0 Å². The van der Waals surface area contributed by atoms with Gasteiger partial charge in [0.05, 0.1) is 11.6 Å². The van der Waals surface area contributed by atoms with Crippen LogP contribution in [0.5, 0.6) is 0 Å². The van der Waals surface area contributed by atoms with Crippen LogP contribution in [0.15, 0.2) is 29.0 Å². The molecular formula is C17H23N5O2. The molecule has 7 heteroatoms. The molecule has 128 valence electrons. The number of pyridine rings is 1. The van der Waals surface area contributed by atoms with E-state index in [-0.39, 0.29) is 11.9 Å². The van der Waals surface area contributed by atoms with Gasteiger partial charge in [0.2, 0.25) is 5.89 Å². The van der Waals surface area contributed by atoms with E-state index in [1.807, 2.05) is 24.8 Å². The number of nitrogens with one attached hydrogen (secondary N) is 1. The maximum atomic E-state index is 12.4. The molecule has 0 radical (unpaired) electrons. The number of hydrogen-bond donors (Lipinski definition) is 1. The molecule has 1 saturated heterocycles. The molecule has 3 heterocycles. The quantitative estimate of drug-likeness (QED) is 0.903. The first-order chi connectivity index (χ1) is 11.7. The first-order valence-electron chi connectivity index (χ1n) is 8.45. The number of aromatic nitrogens is 3. The molecule has 7 nitrogen and oxygen atoms in total. The highest BCUT2D eigenvalue weighted by molar-refractivity contribution is 5.93. The first kappa shape index (κ1) is 16.6. The summed E-state index contributed by atoms with van der Waals surface area (Å²) >= 11 is 0.